The Morgan fingerprint density at radius 2 is 0.804 bits per heavy atom. The number of unbranched alkanes of at least 4 members (excludes halogenated alkanes) is 12. The summed E-state index contributed by atoms with van der Waals surface area (Å²) >= 11 is 0. The van der Waals surface area contributed by atoms with E-state index in [4.69, 9.17) is 19.6 Å². The minimum atomic E-state index is -2.61. The van der Waals surface area contributed by atoms with Crippen LogP contribution in [0.1, 0.15) is 126 Å². The molecule has 2 rings (SSSR count). The largest absolute Gasteiger partial charge is 0.395 e. The van der Waals surface area contributed by atoms with Crippen molar-refractivity contribution in [2.24, 2.45) is 5.41 Å². The molecule has 8 N–H and O–H groups in total. The molecule has 0 heterocycles. The zero-order valence-corrected chi connectivity index (χ0v) is 29.7. The molecule has 0 spiro atoms. The van der Waals surface area contributed by atoms with Crippen molar-refractivity contribution in [1.82, 2.24) is 0 Å². The number of hydrogen-bond acceptors (Lipinski definition) is 9. The zero-order valence-electron chi connectivity index (χ0n) is 27.9. The van der Waals surface area contributed by atoms with Crippen LogP contribution in [0.5, 0.6) is 0 Å². The molecule has 2 aromatic carbocycles. The van der Waals surface area contributed by atoms with Crippen molar-refractivity contribution in [2.45, 2.75) is 122 Å². The third-order valence-electron chi connectivity index (χ3n) is 8.70. The Labute approximate surface area is 279 Å². The first-order valence-corrected chi connectivity index (χ1v) is 19.2. The van der Waals surface area contributed by atoms with Crippen LogP contribution < -0.4 is 0 Å². The predicted molar refractivity (Wildman–Crippen MR) is 187 cm³/mol. The number of hydrogen-bond donors (Lipinski definition) is 8. The van der Waals surface area contributed by atoms with Crippen molar-refractivity contribution >= 4 is 17.2 Å². The highest BCUT2D eigenvalue weighted by molar-refractivity contribution is 7.53. The van der Waals surface area contributed by atoms with E-state index >= 15 is 0 Å². The number of aliphatic hydroxyl groups is 4. The molecule has 2 aromatic rings. The van der Waals surface area contributed by atoms with Crippen LogP contribution in [0.25, 0.3) is 0 Å². The lowest BCUT2D eigenvalue weighted by molar-refractivity contribution is -0.136. The molecule has 0 aliphatic rings. The molecular weight excluding hydrogens is 626 g/mol. The zero-order chi connectivity index (χ0) is 34.3. The summed E-state index contributed by atoms with van der Waals surface area (Å²) in [5.41, 5.74) is 0.309. The SMILES string of the molecule is CCCCCCCCCc1ccc(C(O)(c2ccc(CCCCCCCCC)cc2)C(CO)(CO)CO)cc1.OP(O)OP(O)O. The van der Waals surface area contributed by atoms with Crippen molar-refractivity contribution in [1.29, 1.82) is 0 Å². The van der Waals surface area contributed by atoms with Gasteiger partial charge in [-0.2, -0.15) is 0 Å². The smallest absolute Gasteiger partial charge is 0.334 e. The maximum Gasteiger partial charge on any atom is 0.334 e. The fraction of sp³-hybridized carbons (Fsp3) is 0.657. The minimum Gasteiger partial charge on any atom is -0.395 e. The molecular formula is C35H60O9P2. The molecule has 0 unspecified atom stereocenters. The van der Waals surface area contributed by atoms with E-state index in [1.54, 1.807) is 0 Å². The normalized spacial score (nSPS) is 12.1. The Hall–Kier alpha value is -1.06. The topological polar surface area (TPSA) is 171 Å². The second-order valence-electron chi connectivity index (χ2n) is 12.2. The second-order valence-corrected chi connectivity index (χ2v) is 13.9. The predicted octanol–water partition coefficient (Wildman–Crippen LogP) is 6.90. The van der Waals surface area contributed by atoms with Crippen molar-refractivity contribution in [3.63, 3.8) is 0 Å². The summed E-state index contributed by atoms with van der Waals surface area (Å²) in [6.07, 6.45) is 19.7. The van der Waals surface area contributed by atoms with Crippen molar-refractivity contribution in [2.75, 3.05) is 19.8 Å². The van der Waals surface area contributed by atoms with Gasteiger partial charge in [0.15, 0.2) is 0 Å². The Balaban J connectivity index is 0.00000135. The van der Waals surface area contributed by atoms with E-state index in [1.807, 2.05) is 48.5 Å². The average molecular weight is 687 g/mol. The van der Waals surface area contributed by atoms with Gasteiger partial charge in [0, 0.05) is 0 Å². The van der Waals surface area contributed by atoms with Gasteiger partial charge in [0.2, 0.25) is 0 Å². The van der Waals surface area contributed by atoms with Gasteiger partial charge in [0.1, 0.15) is 5.60 Å². The molecule has 0 radical (unpaired) electrons. The van der Waals surface area contributed by atoms with Gasteiger partial charge in [-0.1, -0.05) is 139 Å². The first-order chi connectivity index (χ1) is 22.1. The molecule has 0 saturated heterocycles. The lowest BCUT2D eigenvalue weighted by Crippen LogP contribution is -2.54. The molecule has 0 atom stereocenters. The molecule has 9 nitrogen and oxygen atoms in total. The fourth-order valence-electron chi connectivity index (χ4n) is 5.74. The molecule has 0 aliphatic carbocycles. The van der Waals surface area contributed by atoms with Crippen LogP contribution in [0, 0.1) is 5.41 Å². The molecule has 11 heteroatoms. The van der Waals surface area contributed by atoms with E-state index in [1.165, 1.54) is 88.2 Å². The van der Waals surface area contributed by atoms with Gasteiger partial charge in [-0.05, 0) is 47.9 Å². The Kier molecular flexibility index (Phi) is 23.3. The first kappa shape index (κ1) is 43.0. The van der Waals surface area contributed by atoms with Crippen LogP contribution >= 0.6 is 17.2 Å². The molecule has 0 fully saturated rings. The van der Waals surface area contributed by atoms with Gasteiger partial charge in [0.05, 0.1) is 25.2 Å². The number of rotatable bonds is 24. The molecule has 264 valence electrons. The van der Waals surface area contributed by atoms with E-state index in [0.29, 0.717) is 11.1 Å². The number of benzene rings is 2. The summed E-state index contributed by atoms with van der Waals surface area (Å²) < 4.78 is 3.60. The Morgan fingerprint density at radius 3 is 1.07 bits per heavy atom. The number of aliphatic hydroxyl groups excluding tert-OH is 3. The van der Waals surface area contributed by atoms with Crippen LogP contribution in [-0.4, -0.2) is 59.8 Å². The highest BCUT2D eigenvalue weighted by atomic mass is 31.2. The first-order valence-electron chi connectivity index (χ1n) is 16.9. The lowest BCUT2D eigenvalue weighted by Gasteiger charge is -2.45. The van der Waals surface area contributed by atoms with Crippen LogP contribution in [0.3, 0.4) is 0 Å². The van der Waals surface area contributed by atoms with Crippen molar-refractivity contribution in [3.05, 3.63) is 70.8 Å². The summed E-state index contributed by atoms with van der Waals surface area (Å²) in [5, 5.41) is 43.1. The van der Waals surface area contributed by atoms with Gasteiger partial charge in [-0.15, -0.1) is 0 Å². The quantitative estimate of drug-likeness (QED) is 0.0432. The van der Waals surface area contributed by atoms with E-state index in [-0.39, 0.29) is 0 Å². The summed E-state index contributed by atoms with van der Waals surface area (Å²) in [6.45, 7) is 2.84. The molecule has 0 aromatic heterocycles. The maximum absolute atomic E-state index is 12.2. The van der Waals surface area contributed by atoms with Crippen LogP contribution in [-0.2, 0) is 22.8 Å². The van der Waals surface area contributed by atoms with Gasteiger partial charge in [-0.3, -0.25) is 0 Å². The third-order valence-corrected chi connectivity index (χ3v) is 9.87. The van der Waals surface area contributed by atoms with E-state index < -0.39 is 48.0 Å². The highest BCUT2D eigenvalue weighted by Gasteiger charge is 2.52. The Morgan fingerprint density at radius 1 is 0.500 bits per heavy atom. The summed E-state index contributed by atoms with van der Waals surface area (Å²) in [5.74, 6) is 0. The van der Waals surface area contributed by atoms with Crippen molar-refractivity contribution in [3.8, 4) is 0 Å². The van der Waals surface area contributed by atoms with Gasteiger partial charge in [-0.25, -0.2) is 4.31 Å². The summed E-state index contributed by atoms with van der Waals surface area (Å²) in [7, 11) is -5.22. The molecule has 0 bridgehead atoms. The standard InChI is InChI=1S/C35H56O4.H4O5P2/c1-3-5-7-9-11-13-15-17-30-19-23-32(24-20-30)35(39,34(27-36,28-37)29-38)33-25-21-31(22-26-33)18-16-14-12-10-8-6-4-2;1-6(2)5-7(3)4/h19-26,36-39H,3-18,27-29H2,1-2H3;1-4H. The Bertz CT molecular complexity index is 924. The van der Waals surface area contributed by atoms with Crippen LogP contribution in [0.4, 0.5) is 0 Å². The average Bonchev–Trinajstić information content (AvgIpc) is 3.05. The molecule has 0 amide bonds. The van der Waals surface area contributed by atoms with Crippen LogP contribution in [0.15, 0.2) is 48.5 Å². The molecule has 46 heavy (non-hydrogen) atoms. The van der Waals surface area contributed by atoms with Gasteiger partial charge in [0.25, 0.3) is 0 Å². The minimum absolute atomic E-state index is 0.546. The van der Waals surface area contributed by atoms with Crippen molar-refractivity contribution < 1.29 is 44.3 Å². The van der Waals surface area contributed by atoms with Crippen LogP contribution in [0.2, 0.25) is 0 Å². The van der Waals surface area contributed by atoms with E-state index in [2.05, 4.69) is 18.2 Å². The lowest BCUT2D eigenvalue weighted by atomic mass is 9.65. The highest BCUT2D eigenvalue weighted by Crippen LogP contribution is 2.45. The molecule has 0 aliphatic heterocycles. The monoisotopic (exact) mass is 686 g/mol. The second kappa shape index (κ2) is 25.0. The molecule has 0 saturated carbocycles. The fourth-order valence-corrected chi connectivity index (χ4v) is 6.26. The number of aryl methyl sites for hydroxylation is 2. The van der Waals surface area contributed by atoms with E-state index in [0.717, 1.165) is 25.7 Å². The van der Waals surface area contributed by atoms with Gasteiger partial charge >= 0.3 is 17.2 Å². The van der Waals surface area contributed by atoms with E-state index in [9.17, 15) is 20.4 Å². The summed E-state index contributed by atoms with van der Waals surface area (Å²) in [4.78, 5) is 31.3. The summed E-state index contributed by atoms with van der Waals surface area (Å²) in [6, 6.07) is 15.7. The maximum atomic E-state index is 12.2. The van der Waals surface area contributed by atoms with Gasteiger partial charge < -0.3 is 40.0 Å². The third kappa shape index (κ3) is 15.0.